The van der Waals surface area contributed by atoms with Crippen molar-refractivity contribution in [1.82, 2.24) is 4.98 Å². The number of fused-ring (bicyclic) bond motifs is 1. The van der Waals surface area contributed by atoms with Gasteiger partial charge in [-0.15, -0.1) is 0 Å². The van der Waals surface area contributed by atoms with Crippen LogP contribution in [-0.4, -0.2) is 11.5 Å². The number of nitrogens with one attached hydrogen (secondary N) is 1. The second-order valence-electron chi connectivity index (χ2n) is 4.70. The molecule has 0 saturated carbocycles. The van der Waals surface area contributed by atoms with Crippen LogP contribution >= 0.6 is 11.6 Å². The Bertz CT molecular complexity index is 764. The molecule has 3 nitrogen and oxygen atoms in total. The number of hydrogen-bond acceptors (Lipinski definition) is 3. The van der Waals surface area contributed by atoms with Gasteiger partial charge in [0.1, 0.15) is 5.52 Å². The first-order valence-electron chi connectivity index (χ1n) is 6.58. The van der Waals surface area contributed by atoms with Crippen molar-refractivity contribution in [3.05, 3.63) is 47.0 Å². The quantitative estimate of drug-likeness (QED) is 0.745. The molecule has 1 N–H and O–H groups in total. The predicted octanol–water partition coefficient (Wildman–Crippen LogP) is 4.89. The largest absolute Gasteiger partial charge is 0.436 e. The van der Waals surface area contributed by atoms with E-state index < -0.39 is 0 Å². The minimum absolute atomic E-state index is 0.593. The van der Waals surface area contributed by atoms with Gasteiger partial charge < -0.3 is 9.73 Å². The summed E-state index contributed by atoms with van der Waals surface area (Å²) in [6.45, 7) is 4.91. The Morgan fingerprint density at radius 1 is 1.20 bits per heavy atom. The maximum atomic E-state index is 6.15. The average Bonchev–Trinajstić information content (AvgIpc) is 2.85. The Hall–Kier alpha value is -2.00. The molecule has 0 saturated heterocycles. The van der Waals surface area contributed by atoms with Gasteiger partial charge in [0.15, 0.2) is 5.58 Å². The number of halogens is 1. The number of aryl methyl sites for hydroxylation is 1. The first kappa shape index (κ1) is 13.0. The second kappa shape index (κ2) is 5.17. The Kier molecular flexibility index (Phi) is 3.36. The van der Waals surface area contributed by atoms with Crippen LogP contribution in [0.4, 0.5) is 5.69 Å². The summed E-state index contributed by atoms with van der Waals surface area (Å²) in [5.74, 6) is 0.593. The summed E-state index contributed by atoms with van der Waals surface area (Å²) in [6.07, 6.45) is 0. The molecular weight excluding hydrogens is 272 g/mol. The van der Waals surface area contributed by atoms with Crippen LogP contribution in [-0.2, 0) is 0 Å². The smallest absolute Gasteiger partial charge is 0.227 e. The van der Waals surface area contributed by atoms with E-state index in [1.54, 1.807) is 0 Å². The van der Waals surface area contributed by atoms with Gasteiger partial charge in [0.25, 0.3) is 0 Å². The highest BCUT2D eigenvalue weighted by atomic mass is 35.5. The monoisotopic (exact) mass is 286 g/mol. The second-order valence-corrected chi connectivity index (χ2v) is 5.10. The molecule has 2 aromatic carbocycles. The lowest BCUT2D eigenvalue weighted by Crippen LogP contribution is -1.95. The maximum Gasteiger partial charge on any atom is 0.227 e. The van der Waals surface area contributed by atoms with Crippen molar-refractivity contribution in [2.75, 3.05) is 11.9 Å². The van der Waals surface area contributed by atoms with E-state index in [4.69, 9.17) is 16.0 Å². The molecule has 0 unspecified atom stereocenters. The molecule has 0 bridgehead atoms. The molecular formula is C16H15ClN2O. The van der Waals surface area contributed by atoms with Crippen LogP contribution in [0.3, 0.4) is 0 Å². The van der Waals surface area contributed by atoms with E-state index >= 15 is 0 Å². The molecule has 0 amide bonds. The average molecular weight is 287 g/mol. The third kappa shape index (κ3) is 2.37. The topological polar surface area (TPSA) is 38.1 Å². The first-order valence-corrected chi connectivity index (χ1v) is 6.96. The van der Waals surface area contributed by atoms with E-state index in [0.717, 1.165) is 39.5 Å². The molecule has 20 heavy (non-hydrogen) atoms. The molecule has 0 fully saturated rings. The summed E-state index contributed by atoms with van der Waals surface area (Å²) in [5, 5.41) is 3.98. The Morgan fingerprint density at radius 3 is 2.80 bits per heavy atom. The highest BCUT2D eigenvalue weighted by molar-refractivity contribution is 6.31. The van der Waals surface area contributed by atoms with Crippen molar-refractivity contribution in [3.63, 3.8) is 0 Å². The van der Waals surface area contributed by atoms with Crippen molar-refractivity contribution in [2.24, 2.45) is 0 Å². The molecule has 4 heteroatoms. The van der Waals surface area contributed by atoms with Crippen LogP contribution in [0.25, 0.3) is 22.6 Å². The standard InChI is InChI=1S/C16H15ClN2O/c1-3-18-12-6-7-14-15(9-12)20-16(19-14)11-5-4-10(2)13(17)8-11/h4-9,18H,3H2,1-2H3. The van der Waals surface area contributed by atoms with Crippen LogP contribution in [0.5, 0.6) is 0 Å². The number of rotatable bonds is 3. The van der Waals surface area contributed by atoms with Gasteiger partial charge in [0, 0.05) is 28.9 Å². The summed E-state index contributed by atoms with van der Waals surface area (Å²) in [6, 6.07) is 11.7. The molecule has 0 radical (unpaired) electrons. The lowest BCUT2D eigenvalue weighted by molar-refractivity contribution is 0.620. The Labute approximate surface area is 122 Å². The number of oxazole rings is 1. The lowest BCUT2D eigenvalue weighted by atomic mass is 10.1. The third-order valence-corrected chi connectivity index (χ3v) is 3.60. The van der Waals surface area contributed by atoms with Crippen molar-refractivity contribution in [3.8, 4) is 11.5 Å². The predicted molar refractivity (Wildman–Crippen MR) is 83.4 cm³/mol. The van der Waals surface area contributed by atoms with Gasteiger partial charge in [-0.25, -0.2) is 4.98 Å². The molecule has 0 aliphatic heterocycles. The molecule has 102 valence electrons. The van der Waals surface area contributed by atoms with Crippen LogP contribution in [0, 0.1) is 6.92 Å². The van der Waals surface area contributed by atoms with Crippen molar-refractivity contribution < 1.29 is 4.42 Å². The van der Waals surface area contributed by atoms with E-state index in [1.165, 1.54) is 0 Å². The lowest BCUT2D eigenvalue weighted by Gasteiger charge is -2.00. The fraction of sp³-hybridized carbons (Fsp3) is 0.188. The van der Waals surface area contributed by atoms with Crippen LogP contribution in [0.1, 0.15) is 12.5 Å². The van der Waals surface area contributed by atoms with Crippen molar-refractivity contribution in [1.29, 1.82) is 0 Å². The van der Waals surface area contributed by atoms with E-state index in [2.05, 4.69) is 17.2 Å². The fourth-order valence-corrected chi connectivity index (χ4v) is 2.27. The SMILES string of the molecule is CCNc1ccc2nc(-c3ccc(C)c(Cl)c3)oc2c1. The Morgan fingerprint density at radius 2 is 2.05 bits per heavy atom. The summed E-state index contributed by atoms with van der Waals surface area (Å²) in [5.41, 5.74) is 4.58. The molecule has 1 aromatic heterocycles. The molecule has 0 aliphatic rings. The van der Waals surface area contributed by atoms with Crippen LogP contribution in [0.15, 0.2) is 40.8 Å². The zero-order valence-electron chi connectivity index (χ0n) is 11.4. The maximum absolute atomic E-state index is 6.15. The highest BCUT2D eigenvalue weighted by Gasteiger charge is 2.09. The summed E-state index contributed by atoms with van der Waals surface area (Å²) >= 11 is 6.15. The molecule has 0 atom stereocenters. The fourth-order valence-electron chi connectivity index (χ4n) is 2.09. The van der Waals surface area contributed by atoms with Crippen LogP contribution < -0.4 is 5.32 Å². The van der Waals surface area contributed by atoms with Gasteiger partial charge in [-0.05, 0) is 43.7 Å². The number of nitrogens with zero attached hydrogens (tertiary/aromatic N) is 1. The molecule has 0 aliphatic carbocycles. The van der Waals surface area contributed by atoms with E-state index in [0.29, 0.717) is 5.89 Å². The molecule has 3 rings (SSSR count). The van der Waals surface area contributed by atoms with E-state index in [1.807, 2.05) is 43.3 Å². The number of aromatic nitrogens is 1. The highest BCUT2D eigenvalue weighted by Crippen LogP contribution is 2.28. The molecule has 3 aromatic rings. The summed E-state index contributed by atoms with van der Waals surface area (Å²) in [4.78, 5) is 4.50. The van der Waals surface area contributed by atoms with Gasteiger partial charge in [-0.3, -0.25) is 0 Å². The van der Waals surface area contributed by atoms with Crippen LogP contribution in [0.2, 0.25) is 5.02 Å². The molecule has 1 heterocycles. The molecule has 0 spiro atoms. The van der Waals surface area contributed by atoms with Gasteiger partial charge >= 0.3 is 0 Å². The number of anilines is 1. The van der Waals surface area contributed by atoms with Gasteiger partial charge in [0.2, 0.25) is 5.89 Å². The van der Waals surface area contributed by atoms with Crippen molar-refractivity contribution in [2.45, 2.75) is 13.8 Å². The number of hydrogen-bond donors (Lipinski definition) is 1. The van der Waals surface area contributed by atoms with Gasteiger partial charge in [-0.1, -0.05) is 17.7 Å². The summed E-state index contributed by atoms with van der Waals surface area (Å²) < 4.78 is 5.83. The van der Waals surface area contributed by atoms with E-state index in [-0.39, 0.29) is 0 Å². The first-order chi connectivity index (χ1) is 9.67. The van der Waals surface area contributed by atoms with Gasteiger partial charge in [-0.2, -0.15) is 0 Å². The van der Waals surface area contributed by atoms with Gasteiger partial charge in [0.05, 0.1) is 0 Å². The Balaban J connectivity index is 2.05. The third-order valence-electron chi connectivity index (χ3n) is 3.19. The minimum Gasteiger partial charge on any atom is -0.436 e. The number of benzene rings is 2. The van der Waals surface area contributed by atoms with E-state index in [9.17, 15) is 0 Å². The minimum atomic E-state index is 0.593. The van der Waals surface area contributed by atoms with Crippen molar-refractivity contribution >= 4 is 28.4 Å². The normalized spacial score (nSPS) is 10.9. The summed E-state index contributed by atoms with van der Waals surface area (Å²) in [7, 11) is 0. The zero-order valence-corrected chi connectivity index (χ0v) is 12.2. The zero-order chi connectivity index (χ0) is 14.1.